The van der Waals surface area contributed by atoms with Gasteiger partial charge in [-0.25, -0.2) is 14.4 Å². The molecule has 0 atom stereocenters. The van der Waals surface area contributed by atoms with Gasteiger partial charge in [-0.1, -0.05) is 0 Å². The summed E-state index contributed by atoms with van der Waals surface area (Å²) in [6, 6.07) is -0.289. The fourth-order valence-electron chi connectivity index (χ4n) is 0.991. The second kappa shape index (κ2) is 9.93. The first-order valence-corrected chi connectivity index (χ1v) is 5.96. The van der Waals surface area contributed by atoms with Crippen LogP contribution in [0.15, 0.2) is 12.2 Å². The quantitative estimate of drug-likeness (QED) is 0.396. The first kappa shape index (κ1) is 16.9. The first-order valence-electron chi connectivity index (χ1n) is 5.96. The minimum absolute atomic E-state index is 0.159. The Kier molecular flexibility index (Phi) is 8.86. The molecule has 7 heteroatoms. The number of hydrogen-bond acceptors (Lipinski definition) is 5. The standard InChI is InChI=1S/C12H20N2O5/c1-9(2)19-11(16)6-5-10(15)18-8-4-7-14-12(17)13-3/h5-6,9H,4,7-8H2,1-3H3,(H2,13,14,17)/b6-5+. The molecule has 0 heterocycles. The molecule has 7 nitrogen and oxygen atoms in total. The Balaban J connectivity index is 3.67. The maximum Gasteiger partial charge on any atom is 0.331 e. The van der Waals surface area contributed by atoms with Crippen molar-refractivity contribution in [1.82, 2.24) is 10.6 Å². The van der Waals surface area contributed by atoms with Crippen molar-refractivity contribution in [2.45, 2.75) is 26.4 Å². The lowest BCUT2D eigenvalue weighted by Crippen LogP contribution is -2.33. The number of esters is 2. The Morgan fingerprint density at radius 1 is 1.16 bits per heavy atom. The minimum atomic E-state index is -0.624. The number of rotatable bonds is 7. The van der Waals surface area contributed by atoms with E-state index in [1.807, 2.05) is 0 Å². The Hall–Kier alpha value is -2.05. The van der Waals surface area contributed by atoms with Crippen LogP contribution in [-0.4, -0.2) is 44.3 Å². The van der Waals surface area contributed by atoms with Gasteiger partial charge in [-0.15, -0.1) is 0 Å². The van der Waals surface area contributed by atoms with Gasteiger partial charge in [0.05, 0.1) is 12.7 Å². The van der Waals surface area contributed by atoms with E-state index in [1.165, 1.54) is 7.05 Å². The van der Waals surface area contributed by atoms with Crippen molar-refractivity contribution < 1.29 is 23.9 Å². The maximum absolute atomic E-state index is 11.2. The molecule has 0 saturated carbocycles. The summed E-state index contributed by atoms with van der Waals surface area (Å²) < 4.78 is 9.60. The number of amides is 2. The predicted octanol–water partition coefficient (Wildman–Crippen LogP) is 0.356. The van der Waals surface area contributed by atoms with Crippen LogP contribution in [0.1, 0.15) is 20.3 Å². The summed E-state index contributed by atoms with van der Waals surface area (Å²) in [4.78, 5) is 33.0. The van der Waals surface area contributed by atoms with Gasteiger partial charge in [0.2, 0.25) is 0 Å². The minimum Gasteiger partial charge on any atom is -0.462 e. The van der Waals surface area contributed by atoms with Gasteiger partial charge in [-0.05, 0) is 20.3 Å². The highest BCUT2D eigenvalue weighted by molar-refractivity contribution is 5.91. The van der Waals surface area contributed by atoms with Crippen LogP contribution in [0, 0.1) is 0 Å². The molecule has 0 rings (SSSR count). The molecule has 0 aliphatic rings. The van der Waals surface area contributed by atoms with Gasteiger partial charge in [-0.2, -0.15) is 0 Å². The second-order valence-corrected chi connectivity index (χ2v) is 3.85. The van der Waals surface area contributed by atoms with Crippen molar-refractivity contribution in [2.24, 2.45) is 0 Å². The topological polar surface area (TPSA) is 93.7 Å². The average Bonchev–Trinajstić information content (AvgIpc) is 2.34. The normalized spacial score (nSPS) is 10.3. The molecule has 108 valence electrons. The Bertz CT molecular complexity index is 339. The molecule has 0 aliphatic heterocycles. The van der Waals surface area contributed by atoms with Gasteiger partial charge < -0.3 is 20.1 Å². The largest absolute Gasteiger partial charge is 0.462 e. The lowest BCUT2D eigenvalue weighted by atomic mass is 10.4. The number of nitrogens with one attached hydrogen (secondary N) is 2. The van der Waals surface area contributed by atoms with Crippen molar-refractivity contribution in [3.63, 3.8) is 0 Å². The third-order valence-corrected chi connectivity index (χ3v) is 1.79. The Morgan fingerprint density at radius 3 is 2.37 bits per heavy atom. The fraction of sp³-hybridized carbons (Fsp3) is 0.583. The fourth-order valence-corrected chi connectivity index (χ4v) is 0.991. The summed E-state index contributed by atoms with van der Waals surface area (Å²) in [6.45, 7) is 3.98. The summed E-state index contributed by atoms with van der Waals surface area (Å²) in [6.07, 6.45) is 2.29. The molecule has 0 aromatic rings. The molecule has 0 aromatic heterocycles. The van der Waals surface area contributed by atoms with Gasteiger partial charge in [0.1, 0.15) is 0 Å². The van der Waals surface area contributed by atoms with Gasteiger partial charge in [0.25, 0.3) is 0 Å². The SMILES string of the molecule is CNC(=O)NCCCOC(=O)/C=C/C(=O)OC(C)C. The van der Waals surface area contributed by atoms with E-state index in [0.29, 0.717) is 13.0 Å². The number of hydrogen-bond donors (Lipinski definition) is 2. The lowest BCUT2D eigenvalue weighted by molar-refractivity contribution is -0.142. The van der Waals surface area contributed by atoms with Gasteiger partial charge in [-0.3, -0.25) is 0 Å². The van der Waals surface area contributed by atoms with E-state index in [9.17, 15) is 14.4 Å². The van der Waals surface area contributed by atoms with Crippen LogP contribution in [0.25, 0.3) is 0 Å². The summed E-state index contributed by atoms with van der Waals surface area (Å²) in [5, 5.41) is 4.94. The molecular weight excluding hydrogens is 252 g/mol. The van der Waals surface area contributed by atoms with Crippen LogP contribution in [0.2, 0.25) is 0 Å². The Morgan fingerprint density at radius 2 is 1.79 bits per heavy atom. The second-order valence-electron chi connectivity index (χ2n) is 3.85. The van der Waals surface area contributed by atoms with Crippen molar-refractivity contribution in [1.29, 1.82) is 0 Å². The lowest BCUT2D eigenvalue weighted by Gasteiger charge is -2.05. The molecular formula is C12H20N2O5. The highest BCUT2D eigenvalue weighted by atomic mass is 16.5. The van der Waals surface area contributed by atoms with E-state index < -0.39 is 11.9 Å². The van der Waals surface area contributed by atoms with E-state index in [4.69, 9.17) is 9.47 Å². The van der Waals surface area contributed by atoms with Crippen LogP contribution in [0.5, 0.6) is 0 Å². The molecule has 19 heavy (non-hydrogen) atoms. The molecule has 0 bridgehead atoms. The predicted molar refractivity (Wildman–Crippen MR) is 68.4 cm³/mol. The van der Waals surface area contributed by atoms with E-state index in [1.54, 1.807) is 13.8 Å². The molecule has 0 spiro atoms. The summed E-state index contributed by atoms with van der Waals surface area (Å²) in [5.74, 6) is -1.21. The number of ether oxygens (including phenoxy) is 2. The summed E-state index contributed by atoms with van der Waals surface area (Å²) in [7, 11) is 1.51. The van der Waals surface area contributed by atoms with Crippen LogP contribution in [0.4, 0.5) is 4.79 Å². The third-order valence-electron chi connectivity index (χ3n) is 1.79. The highest BCUT2D eigenvalue weighted by Gasteiger charge is 2.03. The van der Waals surface area contributed by atoms with Gasteiger partial charge >= 0.3 is 18.0 Å². The maximum atomic E-state index is 11.2. The number of carbonyl (C=O) groups excluding carboxylic acids is 3. The molecule has 0 radical (unpaired) electrons. The number of urea groups is 1. The van der Waals surface area contributed by atoms with Crippen LogP contribution < -0.4 is 10.6 Å². The summed E-state index contributed by atoms with van der Waals surface area (Å²) in [5.41, 5.74) is 0. The zero-order valence-electron chi connectivity index (χ0n) is 11.4. The van der Waals surface area contributed by atoms with Crippen LogP contribution in [-0.2, 0) is 19.1 Å². The van der Waals surface area contributed by atoms with E-state index in [0.717, 1.165) is 12.2 Å². The molecule has 2 N–H and O–H groups in total. The average molecular weight is 272 g/mol. The number of carbonyl (C=O) groups is 3. The Labute approximate surface area is 112 Å². The van der Waals surface area contributed by atoms with E-state index >= 15 is 0 Å². The zero-order valence-corrected chi connectivity index (χ0v) is 11.4. The molecule has 0 saturated heterocycles. The van der Waals surface area contributed by atoms with E-state index in [-0.39, 0.29) is 18.7 Å². The zero-order chi connectivity index (χ0) is 14.7. The van der Waals surface area contributed by atoms with E-state index in [2.05, 4.69) is 10.6 Å². The molecule has 0 unspecified atom stereocenters. The summed E-state index contributed by atoms with van der Waals surface area (Å²) >= 11 is 0. The van der Waals surface area contributed by atoms with Crippen molar-refractivity contribution in [3.8, 4) is 0 Å². The smallest absolute Gasteiger partial charge is 0.331 e. The van der Waals surface area contributed by atoms with Gasteiger partial charge in [0.15, 0.2) is 0 Å². The van der Waals surface area contributed by atoms with Crippen molar-refractivity contribution in [3.05, 3.63) is 12.2 Å². The van der Waals surface area contributed by atoms with Crippen LogP contribution in [0.3, 0.4) is 0 Å². The first-order chi connectivity index (χ1) is 8.95. The monoisotopic (exact) mass is 272 g/mol. The molecule has 0 aliphatic carbocycles. The van der Waals surface area contributed by atoms with Gasteiger partial charge in [0, 0.05) is 25.7 Å². The van der Waals surface area contributed by atoms with Crippen LogP contribution >= 0.6 is 0 Å². The molecule has 2 amide bonds. The van der Waals surface area contributed by atoms with Crippen molar-refractivity contribution in [2.75, 3.05) is 20.2 Å². The highest BCUT2D eigenvalue weighted by Crippen LogP contribution is 1.91. The molecule has 0 aromatic carbocycles. The third kappa shape index (κ3) is 10.8. The molecule has 0 fully saturated rings. The van der Waals surface area contributed by atoms with Crippen molar-refractivity contribution >= 4 is 18.0 Å².